The third kappa shape index (κ3) is 2.88. The SMILES string of the molecule is COc1c(OCC[18F])ccc2cc3[n+](cc12)CCc1cc2c(cc1-3)OCO2.[Cl-]. The van der Waals surface area contributed by atoms with Crippen LogP contribution in [0.4, 0.5) is 4.39 Å². The van der Waals surface area contributed by atoms with Crippen molar-refractivity contribution < 1.29 is 40.3 Å². The van der Waals surface area contributed by atoms with Gasteiger partial charge in [-0.25, -0.2) is 4.39 Å². The largest absolute Gasteiger partial charge is 1.00 e. The van der Waals surface area contributed by atoms with Crippen LogP contribution >= 0.6 is 0 Å². The number of benzene rings is 2. The molecule has 0 radical (unpaired) electrons. The number of alkyl halides is 1. The number of aryl methyl sites for hydroxylation is 2. The van der Waals surface area contributed by atoms with Crippen LogP contribution in [0, 0.1) is 0 Å². The molecule has 5 rings (SSSR count). The molecule has 3 heterocycles. The molecule has 0 amide bonds. The van der Waals surface area contributed by atoms with Gasteiger partial charge in [-0.1, -0.05) is 0 Å². The molecule has 1 aromatic heterocycles. The van der Waals surface area contributed by atoms with Crippen molar-refractivity contribution in [3.8, 4) is 34.3 Å². The highest BCUT2D eigenvalue weighted by molar-refractivity contribution is 5.91. The second-order valence-corrected chi connectivity index (χ2v) is 6.60. The van der Waals surface area contributed by atoms with Gasteiger partial charge in [-0.3, -0.25) is 0 Å². The van der Waals surface area contributed by atoms with Crippen molar-refractivity contribution in [3.63, 3.8) is 0 Å². The van der Waals surface area contributed by atoms with Crippen LogP contribution in [0.25, 0.3) is 22.0 Å². The average Bonchev–Trinajstić information content (AvgIpc) is 3.16. The molecular formula is C21H19ClFNO4. The molecule has 0 spiro atoms. The third-order valence-corrected chi connectivity index (χ3v) is 5.12. The minimum atomic E-state index is -0.535. The van der Waals surface area contributed by atoms with E-state index in [0.717, 1.165) is 46.5 Å². The molecule has 0 unspecified atom stereocenters. The Morgan fingerprint density at radius 2 is 1.96 bits per heavy atom. The summed E-state index contributed by atoms with van der Waals surface area (Å²) in [4.78, 5) is 0. The van der Waals surface area contributed by atoms with E-state index in [1.54, 1.807) is 7.11 Å². The molecular weight excluding hydrogens is 384 g/mol. The van der Waals surface area contributed by atoms with E-state index in [4.69, 9.17) is 18.9 Å². The summed E-state index contributed by atoms with van der Waals surface area (Å²) in [6.07, 6.45) is 2.99. The van der Waals surface area contributed by atoms with Crippen LogP contribution in [0.2, 0.25) is 0 Å². The van der Waals surface area contributed by atoms with Gasteiger partial charge in [-0.2, -0.15) is 4.57 Å². The molecule has 2 aliphatic heterocycles. The highest BCUT2D eigenvalue weighted by atomic mass is 35.5. The fourth-order valence-corrected chi connectivity index (χ4v) is 3.87. The zero-order valence-electron chi connectivity index (χ0n) is 15.3. The standard InChI is InChI=1S/C21H19FNO4.ClH/c1-24-21-16-11-23-6-4-14-9-19-20(27-12-26-19)10-15(14)17(23)8-13(16)2-3-18(21)25-7-5-22;/h2-3,8-11H,4-7,12H2,1H3;1H/q+1;/p-1/i22-1;. The van der Waals surface area contributed by atoms with E-state index in [1.807, 2.05) is 12.1 Å². The second kappa shape index (κ2) is 7.36. The Hall–Kier alpha value is -2.73. The van der Waals surface area contributed by atoms with Gasteiger partial charge in [-0.15, -0.1) is 0 Å². The molecule has 5 nitrogen and oxygen atoms in total. The summed E-state index contributed by atoms with van der Waals surface area (Å²) >= 11 is 0. The highest BCUT2D eigenvalue weighted by Gasteiger charge is 2.28. The van der Waals surface area contributed by atoms with Crippen molar-refractivity contribution in [1.82, 2.24) is 0 Å². The van der Waals surface area contributed by atoms with Gasteiger partial charge in [0, 0.05) is 12.5 Å². The monoisotopic (exact) mass is 402 g/mol. The van der Waals surface area contributed by atoms with Gasteiger partial charge in [0.1, 0.15) is 13.3 Å². The van der Waals surface area contributed by atoms with Crippen LogP contribution in [0.1, 0.15) is 5.56 Å². The second-order valence-electron chi connectivity index (χ2n) is 6.60. The average molecular weight is 403 g/mol. The van der Waals surface area contributed by atoms with Gasteiger partial charge in [0.05, 0.1) is 18.1 Å². The van der Waals surface area contributed by atoms with Crippen molar-refractivity contribution in [2.75, 3.05) is 27.2 Å². The fraction of sp³-hybridized carbons (Fsp3) is 0.286. The first kappa shape index (κ1) is 18.6. The summed E-state index contributed by atoms with van der Waals surface area (Å²) in [6.45, 7) is 0.610. The Morgan fingerprint density at radius 3 is 2.75 bits per heavy atom. The Bertz CT molecular complexity index is 1060. The summed E-state index contributed by atoms with van der Waals surface area (Å²) in [5.41, 5.74) is 3.54. The first-order valence-electron chi connectivity index (χ1n) is 8.94. The summed E-state index contributed by atoms with van der Waals surface area (Å²) < 4.78 is 36.9. The maximum atomic E-state index is 12.5. The molecule has 2 aromatic carbocycles. The first-order chi connectivity index (χ1) is 13.3. The number of methoxy groups -OCH3 is 1. The van der Waals surface area contributed by atoms with E-state index in [-0.39, 0.29) is 25.8 Å². The highest BCUT2D eigenvalue weighted by Crippen LogP contribution is 2.41. The lowest BCUT2D eigenvalue weighted by Crippen LogP contribution is -3.00. The molecule has 0 atom stereocenters. The van der Waals surface area contributed by atoms with E-state index in [2.05, 4.69) is 29.0 Å². The van der Waals surface area contributed by atoms with Crippen LogP contribution in [0.5, 0.6) is 23.0 Å². The third-order valence-electron chi connectivity index (χ3n) is 5.12. The van der Waals surface area contributed by atoms with Gasteiger partial charge < -0.3 is 31.4 Å². The molecule has 28 heavy (non-hydrogen) atoms. The molecule has 0 saturated carbocycles. The summed E-state index contributed by atoms with van der Waals surface area (Å²) in [5.74, 6) is 2.80. The number of ether oxygens (including phenoxy) is 4. The molecule has 7 heteroatoms. The molecule has 0 fully saturated rings. The van der Waals surface area contributed by atoms with Gasteiger partial charge >= 0.3 is 0 Å². The number of halogens is 2. The Balaban J connectivity index is 0.00000192. The van der Waals surface area contributed by atoms with Crippen molar-refractivity contribution in [1.29, 1.82) is 0 Å². The summed E-state index contributed by atoms with van der Waals surface area (Å²) in [5, 5.41) is 1.98. The Kier molecular flexibility index (Phi) is 4.89. The molecule has 0 aliphatic carbocycles. The van der Waals surface area contributed by atoms with Crippen molar-refractivity contribution in [3.05, 3.63) is 42.1 Å². The lowest BCUT2D eigenvalue weighted by Gasteiger charge is -2.17. The van der Waals surface area contributed by atoms with Gasteiger partial charge in [0.2, 0.25) is 12.5 Å². The Morgan fingerprint density at radius 1 is 1.14 bits per heavy atom. The summed E-state index contributed by atoms with van der Waals surface area (Å²) in [6, 6.07) is 10.1. The van der Waals surface area contributed by atoms with Crippen LogP contribution < -0.4 is 35.9 Å². The van der Waals surface area contributed by atoms with Gasteiger partial charge in [-0.05, 0) is 35.2 Å². The van der Waals surface area contributed by atoms with E-state index < -0.39 is 6.67 Å². The predicted octanol–water partition coefficient (Wildman–Crippen LogP) is 0.440. The molecule has 3 aromatic rings. The topological polar surface area (TPSA) is 40.8 Å². The van der Waals surface area contributed by atoms with Crippen LogP contribution in [0.3, 0.4) is 0 Å². The van der Waals surface area contributed by atoms with Crippen LogP contribution in [-0.2, 0) is 13.0 Å². The fourth-order valence-electron chi connectivity index (χ4n) is 3.87. The molecule has 0 saturated heterocycles. The van der Waals surface area contributed by atoms with Crippen LogP contribution in [0.15, 0.2) is 36.5 Å². The quantitative estimate of drug-likeness (QED) is 0.594. The van der Waals surface area contributed by atoms with E-state index in [0.29, 0.717) is 11.5 Å². The van der Waals surface area contributed by atoms with Gasteiger partial charge in [0.25, 0.3) is 0 Å². The lowest BCUT2D eigenvalue weighted by atomic mass is 9.95. The van der Waals surface area contributed by atoms with Crippen LogP contribution in [-0.4, -0.2) is 27.2 Å². The maximum Gasteiger partial charge on any atom is 0.231 e. The number of hydrogen-bond donors (Lipinski definition) is 0. The van der Waals surface area contributed by atoms with E-state index >= 15 is 0 Å². The van der Waals surface area contributed by atoms with Crippen molar-refractivity contribution >= 4 is 10.8 Å². The zero-order valence-corrected chi connectivity index (χ0v) is 16.1. The number of aromatic nitrogens is 1. The Labute approximate surface area is 168 Å². The van der Waals surface area contributed by atoms with Crippen molar-refractivity contribution in [2.24, 2.45) is 0 Å². The zero-order chi connectivity index (χ0) is 18.4. The smallest absolute Gasteiger partial charge is 0.231 e. The normalized spacial score (nSPS) is 13.5. The van der Waals surface area contributed by atoms with E-state index in [9.17, 15) is 4.39 Å². The van der Waals surface area contributed by atoms with Gasteiger partial charge in [0.15, 0.2) is 35.7 Å². The molecule has 146 valence electrons. The number of pyridine rings is 1. The maximum absolute atomic E-state index is 12.5. The number of nitrogens with zero attached hydrogens (tertiary/aromatic N) is 1. The lowest BCUT2D eigenvalue weighted by molar-refractivity contribution is -0.686. The first-order valence-corrected chi connectivity index (χ1v) is 8.94. The number of hydrogen-bond acceptors (Lipinski definition) is 4. The van der Waals surface area contributed by atoms with Crippen molar-refractivity contribution in [2.45, 2.75) is 13.0 Å². The predicted molar refractivity (Wildman–Crippen MR) is 97.4 cm³/mol. The van der Waals surface area contributed by atoms with E-state index in [1.165, 1.54) is 5.56 Å². The minimum Gasteiger partial charge on any atom is -1.00 e. The number of rotatable bonds is 4. The molecule has 0 N–H and O–H groups in total. The number of fused-ring (bicyclic) bond motifs is 5. The summed E-state index contributed by atoms with van der Waals surface area (Å²) in [7, 11) is 1.61. The minimum absolute atomic E-state index is 0. The molecule has 2 aliphatic rings. The molecule has 0 bridgehead atoms.